The summed E-state index contributed by atoms with van der Waals surface area (Å²) in [6.45, 7) is 5.91. The van der Waals surface area contributed by atoms with Crippen LogP contribution in [0, 0.1) is 11.7 Å². The topological polar surface area (TPSA) is 81.8 Å². The normalized spacial score (nSPS) is 15.3. The van der Waals surface area contributed by atoms with E-state index >= 15 is 0 Å². The Balaban J connectivity index is 1.61. The van der Waals surface area contributed by atoms with Crippen molar-refractivity contribution in [3.05, 3.63) is 54.3 Å². The molecule has 1 fully saturated rings. The van der Waals surface area contributed by atoms with Crippen molar-refractivity contribution in [2.24, 2.45) is 5.92 Å². The molecule has 1 heterocycles. The summed E-state index contributed by atoms with van der Waals surface area (Å²) in [6, 6.07) is 12.3. The van der Waals surface area contributed by atoms with Crippen molar-refractivity contribution in [2.75, 3.05) is 42.9 Å². The van der Waals surface area contributed by atoms with E-state index in [1.165, 1.54) is 22.5 Å². The molecular formula is C21H27FN4O3S. The molecule has 0 aromatic heterocycles. The molecule has 2 N–H and O–H groups in total. The highest BCUT2D eigenvalue weighted by atomic mass is 32.2. The van der Waals surface area contributed by atoms with Gasteiger partial charge in [0.1, 0.15) is 5.82 Å². The first-order valence-corrected chi connectivity index (χ1v) is 11.4. The second kappa shape index (κ2) is 9.44. The van der Waals surface area contributed by atoms with Crippen LogP contribution in [0.15, 0.2) is 53.4 Å². The number of hydrogen-bond acceptors (Lipinski definition) is 4. The number of nitrogens with zero attached hydrogens (tertiary/aromatic N) is 2. The highest BCUT2D eigenvalue weighted by molar-refractivity contribution is 7.89. The van der Waals surface area contributed by atoms with Gasteiger partial charge in [0.25, 0.3) is 0 Å². The maximum atomic E-state index is 14.0. The molecule has 30 heavy (non-hydrogen) atoms. The van der Waals surface area contributed by atoms with E-state index in [-0.39, 0.29) is 29.8 Å². The molecule has 3 rings (SSSR count). The van der Waals surface area contributed by atoms with E-state index in [1.54, 1.807) is 30.3 Å². The van der Waals surface area contributed by atoms with Crippen LogP contribution in [-0.4, -0.2) is 51.5 Å². The van der Waals surface area contributed by atoms with E-state index in [9.17, 15) is 17.6 Å². The number of sulfonamides is 1. The summed E-state index contributed by atoms with van der Waals surface area (Å²) in [7, 11) is -3.66. The molecule has 1 aliphatic heterocycles. The van der Waals surface area contributed by atoms with E-state index < -0.39 is 10.0 Å². The molecule has 0 aliphatic carbocycles. The number of nitrogens with one attached hydrogen (secondary N) is 2. The van der Waals surface area contributed by atoms with Gasteiger partial charge in [0.15, 0.2) is 0 Å². The number of carbonyl (C=O) groups excluding carboxylic acids is 1. The number of urea groups is 1. The molecule has 0 saturated carbocycles. The van der Waals surface area contributed by atoms with Gasteiger partial charge >= 0.3 is 6.03 Å². The average Bonchev–Trinajstić information content (AvgIpc) is 2.73. The Morgan fingerprint density at radius 2 is 1.67 bits per heavy atom. The minimum absolute atomic E-state index is 0.162. The van der Waals surface area contributed by atoms with Crippen LogP contribution in [0.25, 0.3) is 0 Å². The number of benzene rings is 2. The maximum absolute atomic E-state index is 14.0. The third-order valence-corrected chi connectivity index (χ3v) is 6.77. The Labute approximate surface area is 176 Å². The molecule has 0 spiro atoms. The largest absolute Gasteiger partial charge is 0.367 e. The van der Waals surface area contributed by atoms with Gasteiger partial charge in [0.2, 0.25) is 10.0 Å². The van der Waals surface area contributed by atoms with Gasteiger partial charge in [0, 0.05) is 38.4 Å². The summed E-state index contributed by atoms with van der Waals surface area (Å²) in [4.78, 5) is 13.9. The van der Waals surface area contributed by atoms with Gasteiger partial charge < -0.3 is 15.5 Å². The smallest absolute Gasteiger partial charge is 0.319 e. The van der Waals surface area contributed by atoms with E-state index in [4.69, 9.17) is 0 Å². The molecule has 2 aromatic rings. The zero-order chi connectivity index (χ0) is 21.7. The Morgan fingerprint density at radius 3 is 2.27 bits per heavy atom. The molecule has 7 nitrogen and oxygen atoms in total. The monoisotopic (exact) mass is 434 g/mol. The van der Waals surface area contributed by atoms with Gasteiger partial charge in [-0.2, -0.15) is 4.31 Å². The molecule has 2 aromatic carbocycles. The predicted octanol–water partition coefficient (Wildman–Crippen LogP) is 3.11. The third-order valence-electron chi connectivity index (χ3n) is 4.85. The standard InChI is InChI=1S/C21H27FN4O3S/c1-16(2)15-23-21(27)24-17-7-9-18(10-8-17)30(28,29)26-13-11-25(12-14-26)20-6-4-3-5-19(20)22/h3-10,16H,11-15H2,1-2H3,(H2,23,24,27). The highest BCUT2D eigenvalue weighted by Crippen LogP contribution is 2.24. The summed E-state index contributed by atoms with van der Waals surface area (Å²) in [5.41, 5.74) is 1.00. The highest BCUT2D eigenvalue weighted by Gasteiger charge is 2.29. The molecule has 0 bridgehead atoms. The number of halogens is 1. The number of para-hydroxylation sites is 1. The summed E-state index contributed by atoms with van der Waals surface area (Å²) < 4.78 is 41.3. The maximum Gasteiger partial charge on any atom is 0.319 e. The molecule has 0 unspecified atom stereocenters. The van der Waals surface area contributed by atoms with Crippen LogP contribution in [0.3, 0.4) is 0 Å². The van der Waals surface area contributed by atoms with Gasteiger partial charge in [-0.3, -0.25) is 0 Å². The Bertz CT molecular complexity index is 972. The molecule has 1 saturated heterocycles. The first-order valence-electron chi connectivity index (χ1n) is 9.92. The van der Waals surface area contributed by atoms with Crippen LogP contribution in [0.5, 0.6) is 0 Å². The van der Waals surface area contributed by atoms with Crippen molar-refractivity contribution in [1.82, 2.24) is 9.62 Å². The van der Waals surface area contributed by atoms with Gasteiger partial charge in [0.05, 0.1) is 10.6 Å². The fraction of sp³-hybridized carbons (Fsp3) is 0.381. The average molecular weight is 435 g/mol. The van der Waals surface area contributed by atoms with Crippen molar-refractivity contribution in [3.8, 4) is 0 Å². The van der Waals surface area contributed by atoms with Crippen molar-refractivity contribution in [3.63, 3.8) is 0 Å². The fourth-order valence-electron chi connectivity index (χ4n) is 3.21. The lowest BCUT2D eigenvalue weighted by atomic mass is 10.2. The molecular weight excluding hydrogens is 407 g/mol. The van der Waals surface area contributed by atoms with Crippen LogP contribution in [0.4, 0.5) is 20.6 Å². The first kappa shape index (κ1) is 22.0. The minimum atomic E-state index is -3.66. The molecule has 162 valence electrons. The lowest BCUT2D eigenvalue weighted by Gasteiger charge is -2.35. The van der Waals surface area contributed by atoms with Crippen molar-refractivity contribution < 1.29 is 17.6 Å². The van der Waals surface area contributed by atoms with Crippen LogP contribution < -0.4 is 15.5 Å². The van der Waals surface area contributed by atoms with E-state index in [1.807, 2.05) is 18.7 Å². The Kier molecular flexibility index (Phi) is 6.94. The number of amides is 2. The molecule has 9 heteroatoms. The SMILES string of the molecule is CC(C)CNC(=O)Nc1ccc(S(=O)(=O)N2CCN(c3ccccc3F)CC2)cc1. The summed E-state index contributed by atoms with van der Waals surface area (Å²) in [5, 5.41) is 5.42. The van der Waals surface area contributed by atoms with Crippen LogP contribution in [-0.2, 0) is 10.0 Å². The fourth-order valence-corrected chi connectivity index (χ4v) is 4.63. The number of piperazine rings is 1. The second-order valence-corrected chi connectivity index (χ2v) is 9.53. The predicted molar refractivity (Wildman–Crippen MR) is 116 cm³/mol. The van der Waals surface area contributed by atoms with Crippen molar-refractivity contribution >= 4 is 27.4 Å². The number of anilines is 2. The minimum Gasteiger partial charge on any atom is -0.367 e. The summed E-state index contributed by atoms with van der Waals surface area (Å²) >= 11 is 0. The van der Waals surface area contributed by atoms with Crippen LogP contribution >= 0.6 is 0 Å². The van der Waals surface area contributed by atoms with Crippen molar-refractivity contribution in [2.45, 2.75) is 18.7 Å². The van der Waals surface area contributed by atoms with Gasteiger partial charge in [-0.15, -0.1) is 0 Å². The molecule has 2 amide bonds. The van der Waals surface area contributed by atoms with E-state index in [2.05, 4.69) is 10.6 Å². The lowest BCUT2D eigenvalue weighted by Crippen LogP contribution is -2.48. The quantitative estimate of drug-likeness (QED) is 0.732. The van der Waals surface area contributed by atoms with Crippen LogP contribution in [0.1, 0.15) is 13.8 Å². The Hall–Kier alpha value is -2.65. The third kappa shape index (κ3) is 5.28. The Morgan fingerprint density at radius 1 is 1.03 bits per heavy atom. The molecule has 0 radical (unpaired) electrons. The molecule has 1 aliphatic rings. The van der Waals surface area contributed by atoms with Crippen molar-refractivity contribution in [1.29, 1.82) is 0 Å². The molecule has 0 atom stereocenters. The second-order valence-electron chi connectivity index (χ2n) is 7.60. The zero-order valence-electron chi connectivity index (χ0n) is 17.1. The summed E-state index contributed by atoms with van der Waals surface area (Å²) in [5.74, 6) is 0.0245. The van der Waals surface area contributed by atoms with Crippen LogP contribution in [0.2, 0.25) is 0 Å². The van der Waals surface area contributed by atoms with Gasteiger partial charge in [-0.25, -0.2) is 17.6 Å². The summed E-state index contributed by atoms with van der Waals surface area (Å²) in [6.07, 6.45) is 0. The number of rotatable bonds is 6. The first-order chi connectivity index (χ1) is 14.3. The van der Waals surface area contributed by atoms with Gasteiger partial charge in [-0.05, 0) is 42.3 Å². The van der Waals surface area contributed by atoms with Gasteiger partial charge in [-0.1, -0.05) is 26.0 Å². The zero-order valence-corrected chi connectivity index (χ0v) is 18.0. The lowest BCUT2D eigenvalue weighted by molar-refractivity contribution is 0.251. The van der Waals surface area contributed by atoms with E-state index in [0.717, 1.165) is 0 Å². The number of carbonyl (C=O) groups is 1. The van der Waals surface area contributed by atoms with E-state index in [0.29, 0.717) is 36.9 Å². The number of hydrogen-bond donors (Lipinski definition) is 2.